The van der Waals surface area contributed by atoms with Gasteiger partial charge in [-0.15, -0.1) is 0 Å². The Balaban J connectivity index is 1.52. The Hall–Kier alpha value is -2.57. The summed E-state index contributed by atoms with van der Waals surface area (Å²) in [5.74, 6) is 1.51. The molecule has 0 saturated carbocycles. The number of rotatable bonds is 5. The van der Waals surface area contributed by atoms with E-state index >= 15 is 0 Å². The van der Waals surface area contributed by atoms with Gasteiger partial charge in [-0.05, 0) is 36.9 Å². The van der Waals surface area contributed by atoms with Crippen LogP contribution in [0, 0.1) is 0 Å². The minimum absolute atomic E-state index is 0.0459. The molecule has 0 unspecified atom stereocenters. The van der Waals surface area contributed by atoms with Crippen molar-refractivity contribution in [1.29, 1.82) is 0 Å². The van der Waals surface area contributed by atoms with Gasteiger partial charge in [-0.25, -0.2) is 0 Å². The van der Waals surface area contributed by atoms with Gasteiger partial charge in [0.15, 0.2) is 11.5 Å². The maximum Gasteiger partial charge on any atom is 0.251 e. The van der Waals surface area contributed by atoms with E-state index in [1.54, 1.807) is 0 Å². The summed E-state index contributed by atoms with van der Waals surface area (Å²) >= 11 is 0. The lowest BCUT2D eigenvalue weighted by Crippen LogP contribution is -2.48. The third-order valence-electron chi connectivity index (χ3n) is 5.25. The Morgan fingerprint density at radius 3 is 2.56 bits per heavy atom. The first-order chi connectivity index (χ1) is 13.2. The zero-order valence-electron chi connectivity index (χ0n) is 15.6. The Labute approximate surface area is 159 Å². The van der Waals surface area contributed by atoms with E-state index < -0.39 is 0 Å². The molecule has 0 radical (unpaired) electrons. The van der Waals surface area contributed by atoms with Crippen LogP contribution in [0.4, 0.5) is 0 Å². The average Bonchev–Trinajstić information content (AvgIpc) is 3.18. The molecule has 0 spiro atoms. The van der Waals surface area contributed by atoms with E-state index in [1.807, 2.05) is 42.5 Å². The molecule has 1 N–H and O–H groups in total. The van der Waals surface area contributed by atoms with E-state index in [0.717, 1.165) is 43.2 Å². The van der Waals surface area contributed by atoms with Gasteiger partial charge in [0.05, 0.1) is 6.04 Å². The monoisotopic (exact) mass is 367 g/mol. The Morgan fingerprint density at radius 2 is 1.78 bits per heavy atom. The second kappa shape index (κ2) is 7.98. The molecule has 4 rings (SSSR count). The van der Waals surface area contributed by atoms with Crippen LogP contribution < -0.4 is 14.8 Å². The highest BCUT2D eigenvalue weighted by Gasteiger charge is 2.26. The van der Waals surface area contributed by atoms with Crippen LogP contribution in [0.15, 0.2) is 48.5 Å². The number of ether oxygens (including phenoxy) is 2. The third-order valence-corrected chi connectivity index (χ3v) is 5.25. The van der Waals surface area contributed by atoms with Crippen LogP contribution in [-0.4, -0.2) is 62.3 Å². The van der Waals surface area contributed by atoms with Gasteiger partial charge < -0.3 is 19.7 Å². The SMILES string of the molecule is CN1CCN([C@H](CNC(=O)c2ccccc2)c2ccc3c(c2)OCO3)CC1. The van der Waals surface area contributed by atoms with Crippen molar-refractivity contribution in [2.24, 2.45) is 0 Å². The molecular formula is C21H25N3O3. The quantitative estimate of drug-likeness (QED) is 0.878. The molecule has 0 aromatic heterocycles. The van der Waals surface area contributed by atoms with Gasteiger partial charge >= 0.3 is 0 Å². The minimum atomic E-state index is -0.0459. The number of amides is 1. The maximum atomic E-state index is 12.5. The number of carbonyl (C=O) groups is 1. The number of piperazine rings is 1. The molecule has 6 nitrogen and oxygen atoms in total. The van der Waals surface area contributed by atoms with Crippen LogP contribution >= 0.6 is 0 Å². The first-order valence-electron chi connectivity index (χ1n) is 9.36. The van der Waals surface area contributed by atoms with Gasteiger partial charge in [-0.1, -0.05) is 24.3 Å². The van der Waals surface area contributed by atoms with Crippen LogP contribution in [-0.2, 0) is 0 Å². The van der Waals surface area contributed by atoms with Gasteiger partial charge in [-0.2, -0.15) is 0 Å². The fraction of sp³-hybridized carbons (Fsp3) is 0.381. The summed E-state index contributed by atoms with van der Waals surface area (Å²) in [6.45, 7) is 4.80. The van der Waals surface area contributed by atoms with E-state index in [9.17, 15) is 4.79 Å². The van der Waals surface area contributed by atoms with Crippen molar-refractivity contribution in [2.45, 2.75) is 6.04 Å². The minimum Gasteiger partial charge on any atom is -0.454 e. The number of nitrogens with one attached hydrogen (secondary N) is 1. The Morgan fingerprint density at radius 1 is 1.04 bits per heavy atom. The lowest BCUT2D eigenvalue weighted by atomic mass is 10.0. The molecular weight excluding hydrogens is 342 g/mol. The third kappa shape index (κ3) is 4.07. The van der Waals surface area contributed by atoms with Crippen LogP contribution in [0.25, 0.3) is 0 Å². The van der Waals surface area contributed by atoms with Crippen LogP contribution in [0.5, 0.6) is 11.5 Å². The van der Waals surface area contributed by atoms with E-state index in [1.165, 1.54) is 0 Å². The van der Waals surface area contributed by atoms with E-state index in [-0.39, 0.29) is 18.7 Å². The summed E-state index contributed by atoms with van der Waals surface area (Å²) < 4.78 is 11.0. The average molecular weight is 367 g/mol. The summed E-state index contributed by atoms with van der Waals surface area (Å²) in [5, 5.41) is 3.11. The molecule has 1 saturated heterocycles. The fourth-order valence-electron chi connectivity index (χ4n) is 3.59. The van der Waals surface area contributed by atoms with E-state index in [4.69, 9.17) is 9.47 Å². The predicted molar refractivity (Wildman–Crippen MR) is 103 cm³/mol. The molecule has 1 fully saturated rings. The molecule has 142 valence electrons. The first kappa shape index (κ1) is 17.8. The van der Waals surface area contributed by atoms with Crippen LogP contribution in [0.1, 0.15) is 22.0 Å². The lowest BCUT2D eigenvalue weighted by Gasteiger charge is -2.38. The number of nitrogens with zero attached hydrogens (tertiary/aromatic N) is 2. The molecule has 0 aliphatic carbocycles. The normalized spacial score (nSPS) is 18.3. The summed E-state index contributed by atoms with van der Waals surface area (Å²) in [4.78, 5) is 17.3. The zero-order chi connectivity index (χ0) is 18.6. The highest BCUT2D eigenvalue weighted by atomic mass is 16.7. The fourth-order valence-corrected chi connectivity index (χ4v) is 3.59. The highest BCUT2D eigenvalue weighted by Crippen LogP contribution is 2.35. The van der Waals surface area contributed by atoms with Gasteiger partial charge in [0, 0.05) is 38.3 Å². The molecule has 1 atom stereocenters. The molecule has 6 heteroatoms. The van der Waals surface area contributed by atoms with Gasteiger partial charge in [0.1, 0.15) is 0 Å². The molecule has 2 aromatic carbocycles. The van der Waals surface area contributed by atoms with Crippen molar-refractivity contribution in [1.82, 2.24) is 15.1 Å². The molecule has 2 aromatic rings. The zero-order valence-corrected chi connectivity index (χ0v) is 15.6. The van der Waals surface area contributed by atoms with Crippen molar-refractivity contribution in [3.63, 3.8) is 0 Å². The largest absolute Gasteiger partial charge is 0.454 e. The van der Waals surface area contributed by atoms with Crippen molar-refractivity contribution in [2.75, 3.05) is 46.6 Å². The molecule has 27 heavy (non-hydrogen) atoms. The Kier molecular flexibility index (Phi) is 5.27. The van der Waals surface area contributed by atoms with Crippen molar-refractivity contribution >= 4 is 5.91 Å². The molecule has 2 aliphatic rings. The number of likely N-dealkylation sites (N-methyl/N-ethyl adjacent to an activating group) is 1. The Bertz CT molecular complexity index is 789. The molecule has 0 bridgehead atoms. The summed E-state index contributed by atoms with van der Waals surface area (Å²) in [5.41, 5.74) is 1.82. The lowest BCUT2D eigenvalue weighted by molar-refractivity contribution is 0.0886. The number of hydrogen-bond acceptors (Lipinski definition) is 5. The predicted octanol–water partition coefficient (Wildman–Crippen LogP) is 2.13. The van der Waals surface area contributed by atoms with Crippen molar-refractivity contribution in [3.8, 4) is 11.5 Å². The number of benzene rings is 2. The van der Waals surface area contributed by atoms with Gasteiger partial charge in [-0.3, -0.25) is 9.69 Å². The number of hydrogen-bond donors (Lipinski definition) is 1. The van der Waals surface area contributed by atoms with Crippen molar-refractivity contribution in [3.05, 3.63) is 59.7 Å². The number of fused-ring (bicyclic) bond motifs is 1. The smallest absolute Gasteiger partial charge is 0.251 e. The second-order valence-corrected chi connectivity index (χ2v) is 7.04. The molecule has 1 amide bonds. The summed E-state index contributed by atoms with van der Waals surface area (Å²) in [7, 11) is 2.14. The summed E-state index contributed by atoms with van der Waals surface area (Å²) in [6, 6.07) is 15.5. The van der Waals surface area contributed by atoms with E-state index in [2.05, 4.69) is 28.2 Å². The van der Waals surface area contributed by atoms with Crippen molar-refractivity contribution < 1.29 is 14.3 Å². The standard InChI is InChI=1S/C21H25N3O3/c1-23-9-11-24(12-10-23)18(14-22-21(25)16-5-3-2-4-6-16)17-7-8-19-20(13-17)27-15-26-19/h2-8,13,18H,9-12,14-15H2,1H3,(H,22,25)/t18-/m1/s1. The van der Waals surface area contributed by atoms with Gasteiger partial charge in [0.2, 0.25) is 6.79 Å². The molecule has 2 heterocycles. The molecule has 2 aliphatic heterocycles. The van der Waals surface area contributed by atoms with Gasteiger partial charge in [0.25, 0.3) is 5.91 Å². The van der Waals surface area contributed by atoms with E-state index in [0.29, 0.717) is 12.1 Å². The summed E-state index contributed by atoms with van der Waals surface area (Å²) in [6.07, 6.45) is 0. The van der Waals surface area contributed by atoms with Crippen LogP contribution in [0.3, 0.4) is 0 Å². The topological polar surface area (TPSA) is 54.0 Å². The second-order valence-electron chi connectivity index (χ2n) is 7.04. The number of carbonyl (C=O) groups excluding carboxylic acids is 1. The maximum absolute atomic E-state index is 12.5. The first-order valence-corrected chi connectivity index (χ1v) is 9.36. The van der Waals surface area contributed by atoms with Crippen LogP contribution in [0.2, 0.25) is 0 Å². The highest BCUT2D eigenvalue weighted by molar-refractivity contribution is 5.94.